The molecule has 0 saturated carbocycles. The summed E-state index contributed by atoms with van der Waals surface area (Å²) in [4.78, 5) is 22.6. The molecular formula is C32H45N3O10S. The molecule has 2 aromatic rings. The Morgan fingerprint density at radius 2 is 1.76 bits per heavy atom. The summed E-state index contributed by atoms with van der Waals surface area (Å²) in [6.07, 6.45) is -3.50. The normalized spacial score (nSPS) is 22.2. The van der Waals surface area contributed by atoms with Gasteiger partial charge in [-0.1, -0.05) is 44.2 Å². The molecule has 46 heavy (non-hydrogen) atoms. The Morgan fingerprint density at radius 3 is 2.41 bits per heavy atom. The van der Waals surface area contributed by atoms with Crippen molar-refractivity contribution < 1.29 is 46.8 Å². The van der Waals surface area contributed by atoms with E-state index in [9.17, 15) is 23.1 Å². The third-order valence-corrected chi connectivity index (χ3v) is 10.9. The molecular weight excluding hydrogens is 618 g/mol. The Kier molecular flexibility index (Phi) is 11.5. The molecule has 2 aliphatic heterocycles. The minimum atomic E-state index is -4.48. The predicted octanol–water partition coefficient (Wildman–Crippen LogP) is 2.75. The fraction of sp³-hybridized carbons (Fsp3) is 0.562. The molecule has 4 rings (SSSR count). The smallest absolute Gasteiger partial charge is 0.407 e. The maximum absolute atomic E-state index is 14.5. The highest BCUT2D eigenvalue weighted by molar-refractivity contribution is 7.92. The molecule has 2 aromatic carbocycles. The van der Waals surface area contributed by atoms with Gasteiger partial charge in [-0.25, -0.2) is 18.0 Å². The number of hydrogen-bond acceptors (Lipinski definition) is 11. The lowest BCUT2D eigenvalue weighted by molar-refractivity contribution is -0.0907. The van der Waals surface area contributed by atoms with E-state index in [4.69, 9.17) is 24.7 Å². The maximum Gasteiger partial charge on any atom is 0.407 e. The van der Waals surface area contributed by atoms with Crippen LogP contribution in [-0.2, 0) is 35.2 Å². The lowest BCUT2D eigenvalue weighted by Crippen LogP contribution is -2.65. The summed E-state index contributed by atoms with van der Waals surface area (Å²) in [7, 11) is -1.78. The van der Waals surface area contributed by atoms with Crippen molar-refractivity contribution in [3.63, 3.8) is 0 Å². The Labute approximate surface area is 270 Å². The van der Waals surface area contributed by atoms with Crippen molar-refractivity contribution in [1.82, 2.24) is 10.6 Å². The average molecular weight is 664 g/mol. The van der Waals surface area contributed by atoms with E-state index in [0.29, 0.717) is 25.2 Å². The zero-order valence-electron chi connectivity index (χ0n) is 26.6. The average Bonchev–Trinajstić information content (AvgIpc) is 3.65. The van der Waals surface area contributed by atoms with Crippen LogP contribution in [0.25, 0.3) is 0 Å². The second-order valence-corrected chi connectivity index (χ2v) is 14.7. The number of methoxy groups -OCH3 is 2. The predicted molar refractivity (Wildman–Crippen MR) is 168 cm³/mol. The molecule has 2 heterocycles. The highest BCUT2D eigenvalue weighted by Gasteiger charge is 2.53. The Balaban J connectivity index is 1.67. The van der Waals surface area contributed by atoms with Crippen molar-refractivity contribution in [1.29, 1.82) is 0 Å². The first kappa shape index (κ1) is 35.4. The van der Waals surface area contributed by atoms with E-state index in [0.717, 1.165) is 5.56 Å². The van der Waals surface area contributed by atoms with Crippen LogP contribution in [0.2, 0.25) is 0 Å². The monoisotopic (exact) mass is 663 g/mol. The molecule has 6 atom stereocenters. The number of sulfone groups is 1. The van der Waals surface area contributed by atoms with Gasteiger partial charge in [0.1, 0.15) is 18.0 Å². The van der Waals surface area contributed by atoms with E-state index in [2.05, 4.69) is 15.4 Å². The number of fused-ring (bicyclic) bond motifs is 1. The number of rotatable bonds is 14. The summed E-state index contributed by atoms with van der Waals surface area (Å²) in [5.41, 5.74) is 6.82. The molecule has 2 saturated heterocycles. The number of nitrogens with one attached hydrogen (secondary N) is 2. The van der Waals surface area contributed by atoms with Gasteiger partial charge in [0.15, 0.2) is 21.0 Å². The number of hydrogen-bond donors (Lipinski definition) is 4. The topological polar surface area (TPSA) is 185 Å². The van der Waals surface area contributed by atoms with E-state index in [1.54, 1.807) is 38.1 Å². The van der Waals surface area contributed by atoms with E-state index in [1.807, 2.05) is 6.07 Å². The molecule has 0 bridgehead atoms. The van der Waals surface area contributed by atoms with Gasteiger partial charge in [0.05, 0.1) is 44.3 Å². The number of nitrogens with two attached hydrogens (primary N) is 1. The molecule has 1 unspecified atom stereocenters. The Morgan fingerprint density at radius 1 is 1.07 bits per heavy atom. The summed E-state index contributed by atoms with van der Waals surface area (Å²) in [6, 6.07) is 13.6. The van der Waals surface area contributed by atoms with E-state index < -0.39 is 56.8 Å². The van der Waals surface area contributed by atoms with Crippen LogP contribution >= 0.6 is 0 Å². The quantitative estimate of drug-likeness (QED) is 0.233. The summed E-state index contributed by atoms with van der Waals surface area (Å²) in [6.45, 7) is 4.41. The largest absolute Gasteiger partial charge is 0.497 e. The van der Waals surface area contributed by atoms with Crippen LogP contribution in [0, 0.1) is 11.3 Å². The molecule has 0 aromatic heterocycles. The minimum Gasteiger partial charge on any atom is -0.497 e. The number of carbonyl (C=O) groups is 2. The van der Waals surface area contributed by atoms with Gasteiger partial charge in [0, 0.05) is 6.54 Å². The highest BCUT2D eigenvalue weighted by Crippen LogP contribution is 2.39. The minimum absolute atomic E-state index is 0.0504. The first-order valence-corrected chi connectivity index (χ1v) is 16.7. The van der Waals surface area contributed by atoms with E-state index >= 15 is 0 Å². The van der Waals surface area contributed by atoms with E-state index in [-0.39, 0.29) is 36.8 Å². The van der Waals surface area contributed by atoms with Crippen molar-refractivity contribution in [2.24, 2.45) is 17.1 Å². The van der Waals surface area contributed by atoms with Crippen molar-refractivity contribution in [2.45, 2.75) is 73.8 Å². The molecule has 2 amide bonds. The first-order valence-electron chi connectivity index (χ1n) is 15.2. The molecule has 2 aliphatic rings. The number of carbonyl (C=O) groups excluding carboxylic acids is 2. The number of alkyl carbamates (subject to hydrolysis) is 2. The molecule has 14 heteroatoms. The van der Waals surface area contributed by atoms with Gasteiger partial charge in [-0.05, 0) is 60.9 Å². The van der Waals surface area contributed by atoms with Crippen LogP contribution in [-0.4, -0.2) is 89.1 Å². The molecule has 0 spiro atoms. The summed E-state index contributed by atoms with van der Waals surface area (Å²) < 4.78 is 55.6. The standard InChI is InChI=1S/C32H45N3O10S/c1-31(2,15-16-34-29(37)42-4)20-32(33,46(39,40)23-12-10-22(41-3)11-13-23)27(36)25(18-21-8-6-5-7-9-21)35-30(38)45-26-19-44-28-24(26)14-17-43-28/h5-13,24-28,36H,14-20,33H2,1-4H3,(H,34,37)(H,35,38)/t24-,25+,26-,27-,28+,32?/m1/s1. The van der Waals surface area contributed by atoms with Crippen LogP contribution < -0.4 is 21.1 Å². The summed E-state index contributed by atoms with van der Waals surface area (Å²) in [5, 5.41) is 17.5. The molecule has 2 fully saturated rings. The molecule has 5 N–H and O–H groups in total. The second-order valence-electron chi connectivity index (χ2n) is 12.5. The SMILES string of the molecule is COC(=O)NCCC(C)(C)CC(N)([C@H](O)[C@H](Cc1ccccc1)NC(=O)O[C@@H]1CO[C@@H]2OCC[C@@H]21)S(=O)(=O)c1ccc(OC)cc1. The lowest BCUT2D eigenvalue weighted by atomic mass is 9.79. The van der Waals surface area contributed by atoms with Gasteiger partial charge in [0.2, 0.25) is 0 Å². The Hall–Kier alpha value is -3.43. The van der Waals surface area contributed by atoms with Crippen LogP contribution in [0.4, 0.5) is 9.59 Å². The number of ether oxygens (including phenoxy) is 5. The third kappa shape index (κ3) is 8.28. The number of amides is 2. The molecule has 13 nitrogen and oxygen atoms in total. The number of benzene rings is 2. The van der Waals surface area contributed by atoms with Crippen LogP contribution in [0.15, 0.2) is 59.5 Å². The van der Waals surface area contributed by atoms with Crippen LogP contribution in [0.5, 0.6) is 5.75 Å². The van der Waals surface area contributed by atoms with Crippen molar-refractivity contribution in [3.8, 4) is 5.75 Å². The third-order valence-electron chi connectivity index (χ3n) is 8.61. The number of aliphatic hydroxyl groups excluding tert-OH is 1. The van der Waals surface area contributed by atoms with Gasteiger partial charge < -0.3 is 45.2 Å². The zero-order chi connectivity index (χ0) is 33.5. The van der Waals surface area contributed by atoms with Crippen molar-refractivity contribution in [3.05, 3.63) is 60.2 Å². The van der Waals surface area contributed by atoms with Gasteiger partial charge in [-0.2, -0.15) is 0 Å². The number of aliphatic hydroxyl groups is 1. The summed E-state index contributed by atoms with van der Waals surface area (Å²) >= 11 is 0. The summed E-state index contributed by atoms with van der Waals surface area (Å²) in [5.74, 6) is 0.320. The highest BCUT2D eigenvalue weighted by atomic mass is 32.2. The second kappa shape index (κ2) is 15.0. The van der Waals surface area contributed by atoms with Crippen LogP contribution in [0.3, 0.4) is 0 Å². The van der Waals surface area contributed by atoms with Crippen LogP contribution in [0.1, 0.15) is 38.7 Å². The molecule has 0 radical (unpaired) electrons. The fourth-order valence-corrected chi connectivity index (χ4v) is 8.06. The van der Waals surface area contributed by atoms with Gasteiger partial charge in [0.25, 0.3) is 0 Å². The van der Waals surface area contributed by atoms with Crippen molar-refractivity contribution >= 4 is 22.0 Å². The molecule has 0 aliphatic carbocycles. The lowest BCUT2D eigenvalue weighted by Gasteiger charge is -2.42. The van der Waals surface area contributed by atoms with Gasteiger partial charge in [-0.3, -0.25) is 0 Å². The van der Waals surface area contributed by atoms with Gasteiger partial charge >= 0.3 is 12.2 Å². The van der Waals surface area contributed by atoms with E-state index in [1.165, 1.54) is 38.5 Å². The Bertz CT molecular complexity index is 1420. The first-order chi connectivity index (χ1) is 21.8. The zero-order valence-corrected chi connectivity index (χ0v) is 27.5. The van der Waals surface area contributed by atoms with Crippen molar-refractivity contribution in [2.75, 3.05) is 34.0 Å². The van der Waals surface area contributed by atoms with Gasteiger partial charge in [-0.15, -0.1) is 0 Å². The fourth-order valence-electron chi connectivity index (χ4n) is 6.06. The molecule has 254 valence electrons. The maximum atomic E-state index is 14.5.